The van der Waals surface area contributed by atoms with Gasteiger partial charge in [-0.1, -0.05) is 29.8 Å². The largest absolute Gasteiger partial charge is 0.362 e. The van der Waals surface area contributed by atoms with Crippen molar-refractivity contribution < 1.29 is 14.4 Å². The second kappa shape index (κ2) is 9.93. The first kappa shape index (κ1) is 20.7. The molecule has 0 aromatic heterocycles. The second-order valence-corrected chi connectivity index (χ2v) is 7.20. The van der Waals surface area contributed by atoms with Crippen molar-refractivity contribution in [1.82, 2.24) is 16.2 Å². The highest BCUT2D eigenvalue weighted by molar-refractivity contribution is 6.30. The average molecular weight is 415 g/mol. The van der Waals surface area contributed by atoms with Crippen LogP contribution in [0.4, 0.5) is 5.69 Å². The quantitative estimate of drug-likeness (QED) is 0.631. The lowest BCUT2D eigenvalue weighted by atomic mass is 10.0. The Morgan fingerprint density at radius 2 is 1.69 bits per heavy atom. The number of carbonyl (C=O) groups excluding carboxylic acids is 3. The smallest absolute Gasteiger partial charge is 0.257 e. The molecule has 2 aromatic rings. The molecule has 0 atom stereocenters. The van der Waals surface area contributed by atoms with Crippen molar-refractivity contribution in [2.75, 3.05) is 24.5 Å². The third kappa shape index (κ3) is 5.96. The molecule has 3 N–H and O–H groups in total. The van der Waals surface area contributed by atoms with Gasteiger partial charge in [0, 0.05) is 35.8 Å². The third-order valence-electron chi connectivity index (χ3n) is 4.63. The number of benzene rings is 2. The molecule has 152 valence electrons. The number of nitrogens with one attached hydrogen (secondary N) is 3. The molecular formula is C21H23ClN4O3. The summed E-state index contributed by atoms with van der Waals surface area (Å²) in [6, 6.07) is 14.5. The van der Waals surface area contributed by atoms with Gasteiger partial charge < -0.3 is 10.2 Å². The van der Waals surface area contributed by atoms with Gasteiger partial charge >= 0.3 is 0 Å². The van der Waals surface area contributed by atoms with Crippen molar-refractivity contribution in [2.45, 2.75) is 19.3 Å². The average Bonchev–Trinajstić information content (AvgIpc) is 2.73. The summed E-state index contributed by atoms with van der Waals surface area (Å²) in [6.07, 6.45) is 2.04. The number of anilines is 1. The van der Waals surface area contributed by atoms with Gasteiger partial charge in [-0.05, 0) is 48.7 Å². The van der Waals surface area contributed by atoms with E-state index in [4.69, 9.17) is 11.6 Å². The van der Waals surface area contributed by atoms with E-state index in [0.717, 1.165) is 25.1 Å². The molecule has 7 nitrogen and oxygen atoms in total. The lowest BCUT2D eigenvalue weighted by molar-refractivity contribution is -0.128. The fourth-order valence-electron chi connectivity index (χ4n) is 3.18. The first-order chi connectivity index (χ1) is 14.0. The van der Waals surface area contributed by atoms with E-state index in [9.17, 15) is 14.4 Å². The van der Waals surface area contributed by atoms with Crippen LogP contribution < -0.4 is 21.1 Å². The standard InChI is InChI=1S/C21H23ClN4O3/c22-17-9-7-16(8-10-17)21(29)23-12-11-19(27)24-25-20(28)14-26-13-3-5-15-4-1-2-6-18(15)26/h1-2,4,6-10H,3,5,11-14H2,(H,23,29)(H,24,27)(H,25,28). The van der Waals surface area contributed by atoms with Gasteiger partial charge in [0.05, 0.1) is 6.54 Å². The van der Waals surface area contributed by atoms with Crippen molar-refractivity contribution in [1.29, 1.82) is 0 Å². The summed E-state index contributed by atoms with van der Waals surface area (Å²) in [4.78, 5) is 38.0. The maximum atomic E-state index is 12.2. The van der Waals surface area contributed by atoms with Crippen LogP contribution in [0.5, 0.6) is 0 Å². The van der Waals surface area contributed by atoms with Crippen LogP contribution in [0.25, 0.3) is 0 Å². The maximum Gasteiger partial charge on any atom is 0.257 e. The van der Waals surface area contributed by atoms with E-state index in [0.29, 0.717) is 10.6 Å². The number of aryl methyl sites for hydroxylation is 1. The fraction of sp³-hybridized carbons (Fsp3) is 0.286. The van der Waals surface area contributed by atoms with E-state index in [1.54, 1.807) is 24.3 Å². The maximum absolute atomic E-state index is 12.2. The highest BCUT2D eigenvalue weighted by Crippen LogP contribution is 2.26. The molecule has 3 rings (SSSR count). The Labute approximate surface area is 174 Å². The van der Waals surface area contributed by atoms with Crippen LogP contribution in [-0.2, 0) is 16.0 Å². The summed E-state index contributed by atoms with van der Waals surface area (Å²) in [6.45, 7) is 1.13. The Morgan fingerprint density at radius 1 is 0.966 bits per heavy atom. The van der Waals surface area contributed by atoms with Crippen molar-refractivity contribution in [2.24, 2.45) is 0 Å². The van der Waals surface area contributed by atoms with E-state index in [-0.39, 0.29) is 37.2 Å². The summed E-state index contributed by atoms with van der Waals surface area (Å²) < 4.78 is 0. The molecule has 0 saturated carbocycles. The topological polar surface area (TPSA) is 90.5 Å². The third-order valence-corrected chi connectivity index (χ3v) is 4.88. The number of halogens is 1. The second-order valence-electron chi connectivity index (χ2n) is 6.76. The first-order valence-electron chi connectivity index (χ1n) is 9.47. The normalized spacial score (nSPS) is 12.7. The minimum Gasteiger partial charge on any atom is -0.362 e. The molecule has 0 unspecified atom stereocenters. The molecule has 1 aliphatic heterocycles. The van der Waals surface area contributed by atoms with Crippen LogP contribution in [0.3, 0.4) is 0 Å². The minimum atomic E-state index is -0.381. The highest BCUT2D eigenvalue weighted by Gasteiger charge is 2.18. The first-order valence-corrected chi connectivity index (χ1v) is 9.85. The van der Waals surface area contributed by atoms with E-state index in [2.05, 4.69) is 22.2 Å². The van der Waals surface area contributed by atoms with Gasteiger partial charge in [0.15, 0.2) is 0 Å². The summed E-state index contributed by atoms with van der Waals surface area (Å²) >= 11 is 5.79. The van der Waals surface area contributed by atoms with Crippen molar-refractivity contribution >= 4 is 35.0 Å². The van der Waals surface area contributed by atoms with Crippen LogP contribution in [0.2, 0.25) is 5.02 Å². The van der Waals surface area contributed by atoms with Gasteiger partial charge in [0.1, 0.15) is 0 Å². The van der Waals surface area contributed by atoms with Crippen LogP contribution in [0, 0.1) is 0 Å². The van der Waals surface area contributed by atoms with E-state index in [1.807, 2.05) is 23.1 Å². The SMILES string of the molecule is O=C(CCNC(=O)c1ccc(Cl)cc1)NNC(=O)CN1CCCc2ccccc21. The highest BCUT2D eigenvalue weighted by atomic mass is 35.5. The Balaban J connectivity index is 1.37. The Hall–Kier alpha value is -3.06. The molecule has 29 heavy (non-hydrogen) atoms. The molecule has 1 heterocycles. The van der Waals surface area contributed by atoms with Crippen LogP contribution in [-0.4, -0.2) is 37.4 Å². The number of amides is 3. The van der Waals surface area contributed by atoms with E-state index >= 15 is 0 Å². The summed E-state index contributed by atoms with van der Waals surface area (Å²) in [5.74, 6) is -0.962. The Kier molecular flexibility index (Phi) is 7.08. The molecule has 0 spiro atoms. The van der Waals surface area contributed by atoms with Gasteiger partial charge in [0.2, 0.25) is 5.91 Å². The molecule has 0 bridgehead atoms. The fourth-order valence-corrected chi connectivity index (χ4v) is 3.31. The molecule has 2 aromatic carbocycles. The number of hydrazine groups is 1. The zero-order valence-electron chi connectivity index (χ0n) is 15.9. The van der Waals surface area contributed by atoms with Gasteiger partial charge in [-0.25, -0.2) is 0 Å². The zero-order chi connectivity index (χ0) is 20.6. The molecular weight excluding hydrogens is 392 g/mol. The Morgan fingerprint density at radius 3 is 2.48 bits per heavy atom. The number of nitrogens with zero attached hydrogens (tertiary/aromatic N) is 1. The van der Waals surface area contributed by atoms with Crippen molar-refractivity contribution in [3.8, 4) is 0 Å². The molecule has 0 aliphatic carbocycles. The predicted octanol–water partition coefficient (Wildman–Crippen LogP) is 2.06. The number of carbonyl (C=O) groups is 3. The lowest BCUT2D eigenvalue weighted by Gasteiger charge is -2.30. The summed E-state index contributed by atoms with van der Waals surface area (Å²) in [5, 5.41) is 3.20. The van der Waals surface area contributed by atoms with Crippen LogP contribution >= 0.6 is 11.6 Å². The number of para-hydroxylation sites is 1. The van der Waals surface area contributed by atoms with Gasteiger partial charge in [-0.3, -0.25) is 25.2 Å². The Bertz CT molecular complexity index is 886. The summed E-state index contributed by atoms with van der Waals surface area (Å²) in [7, 11) is 0. The molecule has 0 radical (unpaired) electrons. The predicted molar refractivity (Wildman–Crippen MR) is 112 cm³/mol. The molecule has 8 heteroatoms. The van der Waals surface area contributed by atoms with E-state index in [1.165, 1.54) is 5.56 Å². The van der Waals surface area contributed by atoms with Crippen LogP contribution in [0.1, 0.15) is 28.8 Å². The monoisotopic (exact) mass is 414 g/mol. The van der Waals surface area contributed by atoms with Crippen molar-refractivity contribution in [3.05, 3.63) is 64.7 Å². The number of hydrogen-bond donors (Lipinski definition) is 3. The zero-order valence-corrected chi connectivity index (χ0v) is 16.7. The molecule has 0 fully saturated rings. The summed E-state index contributed by atoms with van der Waals surface area (Å²) in [5.41, 5.74) is 7.56. The molecule has 3 amide bonds. The van der Waals surface area contributed by atoms with E-state index < -0.39 is 0 Å². The molecule has 1 aliphatic rings. The van der Waals surface area contributed by atoms with Gasteiger partial charge in [-0.15, -0.1) is 0 Å². The minimum absolute atomic E-state index is 0.0478. The number of fused-ring (bicyclic) bond motifs is 1. The van der Waals surface area contributed by atoms with Crippen LogP contribution in [0.15, 0.2) is 48.5 Å². The van der Waals surface area contributed by atoms with Gasteiger partial charge in [-0.2, -0.15) is 0 Å². The molecule has 0 saturated heterocycles. The van der Waals surface area contributed by atoms with Crippen molar-refractivity contribution in [3.63, 3.8) is 0 Å². The number of hydrogen-bond acceptors (Lipinski definition) is 4. The van der Waals surface area contributed by atoms with Gasteiger partial charge in [0.25, 0.3) is 11.8 Å². The lowest BCUT2D eigenvalue weighted by Crippen LogP contribution is -2.47. The number of rotatable bonds is 6.